The smallest absolute Gasteiger partial charge is 0.229 e. The van der Waals surface area contributed by atoms with Crippen LogP contribution in [0.3, 0.4) is 0 Å². The maximum Gasteiger partial charge on any atom is 0.229 e. The highest BCUT2D eigenvalue weighted by Gasteiger charge is 2.28. The number of halogens is 1. The second kappa shape index (κ2) is 8.07. The number of fused-ring (bicyclic) bond motifs is 3. The number of carbonyl (C=O) groups excluding carboxylic acids is 1. The van der Waals surface area contributed by atoms with Crippen molar-refractivity contribution in [2.24, 2.45) is 5.92 Å². The maximum atomic E-state index is 13.0. The molecule has 1 saturated heterocycles. The van der Waals surface area contributed by atoms with E-state index in [9.17, 15) is 4.79 Å². The van der Waals surface area contributed by atoms with Gasteiger partial charge in [-0.3, -0.25) is 4.79 Å². The number of hydrogen-bond acceptors (Lipinski definition) is 5. The topological polar surface area (TPSA) is 71.8 Å². The average molecular weight is 436 g/mol. The minimum atomic E-state index is -0.147. The number of pyridine rings is 1. The van der Waals surface area contributed by atoms with Gasteiger partial charge in [-0.25, -0.2) is 9.97 Å². The first-order chi connectivity index (χ1) is 15.1. The summed E-state index contributed by atoms with van der Waals surface area (Å²) < 4.78 is 7.28. The van der Waals surface area contributed by atoms with Crippen LogP contribution in [-0.4, -0.2) is 40.5 Å². The molecule has 7 nitrogen and oxygen atoms in total. The zero-order chi connectivity index (χ0) is 21.4. The minimum absolute atomic E-state index is 0.0174. The third-order valence-electron chi connectivity index (χ3n) is 5.73. The number of ether oxygens (including phenoxy) is 1. The number of aromatic nitrogens is 3. The van der Waals surface area contributed by atoms with E-state index in [-0.39, 0.29) is 11.8 Å². The number of hydrogen-bond donors (Lipinski definition) is 1. The Morgan fingerprint density at radius 1 is 1.23 bits per heavy atom. The summed E-state index contributed by atoms with van der Waals surface area (Å²) in [7, 11) is 1.56. The van der Waals surface area contributed by atoms with Crippen molar-refractivity contribution < 1.29 is 9.53 Å². The number of nitrogens with zero attached hydrogens (tertiary/aromatic N) is 4. The van der Waals surface area contributed by atoms with Gasteiger partial charge in [0.25, 0.3) is 0 Å². The molecule has 1 N–H and O–H groups in total. The fraction of sp³-hybridized carbons (Fsp3) is 0.261. The highest BCUT2D eigenvalue weighted by atomic mass is 35.5. The van der Waals surface area contributed by atoms with Gasteiger partial charge in [0, 0.05) is 31.2 Å². The first-order valence-electron chi connectivity index (χ1n) is 10.2. The summed E-state index contributed by atoms with van der Waals surface area (Å²) in [6, 6.07) is 13.2. The summed E-state index contributed by atoms with van der Waals surface area (Å²) in [6.45, 7) is 1.45. The summed E-state index contributed by atoms with van der Waals surface area (Å²) >= 11 is 6.19. The number of amides is 1. The first-order valence-corrected chi connectivity index (χ1v) is 10.6. The van der Waals surface area contributed by atoms with Crippen molar-refractivity contribution in [2.75, 3.05) is 30.4 Å². The van der Waals surface area contributed by atoms with E-state index in [2.05, 4.69) is 25.7 Å². The van der Waals surface area contributed by atoms with Crippen molar-refractivity contribution >= 4 is 45.7 Å². The molecule has 8 heteroatoms. The van der Waals surface area contributed by atoms with Crippen LogP contribution in [0.5, 0.6) is 5.75 Å². The second-order valence-electron chi connectivity index (χ2n) is 7.67. The molecule has 4 aromatic rings. The molecule has 0 spiro atoms. The Bertz CT molecular complexity index is 1270. The lowest BCUT2D eigenvalue weighted by molar-refractivity contribution is -0.120. The van der Waals surface area contributed by atoms with E-state index in [0.717, 1.165) is 36.2 Å². The van der Waals surface area contributed by atoms with Crippen LogP contribution in [0, 0.1) is 5.92 Å². The Labute approximate surface area is 184 Å². The number of methoxy groups -OCH3 is 1. The Morgan fingerprint density at radius 2 is 2.10 bits per heavy atom. The third-order valence-corrected chi connectivity index (χ3v) is 6.02. The van der Waals surface area contributed by atoms with Crippen LogP contribution in [-0.2, 0) is 4.79 Å². The fourth-order valence-electron chi connectivity index (χ4n) is 4.20. The van der Waals surface area contributed by atoms with E-state index in [4.69, 9.17) is 21.3 Å². The molecule has 5 rings (SSSR count). The molecule has 0 radical (unpaired) electrons. The Balaban J connectivity index is 1.39. The van der Waals surface area contributed by atoms with E-state index in [1.807, 2.05) is 24.4 Å². The van der Waals surface area contributed by atoms with Crippen LogP contribution >= 0.6 is 11.6 Å². The number of rotatable bonds is 4. The van der Waals surface area contributed by atoms with E-state index in [1.165, 1.54) is 0 Å². The Morgan fingerprint density at radius 3 is 2.94 bits per heavy atom. The van der Waals surface area contributed by atoms with Crippen molar-refractivity contribution in [3.63, 3.8) is 0 Å². The molecule has 1 aliphatic heterocycles. The summed E-state index contributed by atoms with van der Waals surface area (Å²) in [6.07, 6.45) is 5.51. The number of carbonyl (C=O) groups is 1. The quantitative estimate of drug-likeness (QED) is 0.514. The van der Waals surface area contributed by atoms with Crippen LogP contribution < -0.4 is 15.0 Å². The molecule has 1 atom stereocenters. The van der Waals surface area contributed by atoms with Gasteiger partial charge in [0.15, 0.2) is 11.5 Å². The molecule has 1 amide bonds. The number of piperidine rings is 1. The second-order valence-corrected chi connectivity index (χ2v) is 8.08. The SMILES string of the molecule is COc1ccc(NC(=O)C2CCCN(c3nc4ncccc4n4cccc34)C2)cc1Cl. The number of anilines is 2. The fourth-order valence-corrected chi connectivity index (χ4v) is 4.46. The summed E-state index contributed by atoms with van der Waals surface area (Å²) in [5.74, 6) is 1.28. The molecule has 0 bridgehead atoms. The highest BCUT2D eigenvalue weighted by molar-refractivity contribution is 6.32. The molecule has 31 heavy (non-hydrogen) atoms. The van der Waals surface area contributed by atoms with Gasteiger partial charge >= 0.3 is 0 Å². The van der Waals surface area contributed by atoms with Gasteiger partial charge in [0.05, 0.1) is 29.1 Å². The van der Waals surface area contributed by atoms with Gasteiger partial charge in [-0.1, -0.05) is 11.6 Å². The van der Waals surface area contributed by atoms with Crippen LogP contribution in [0.2, 0.25) is 5.02 Å². The number of nitrogens with one attached hydrogen (secondary N) is 1. The molecule has 0 saturated carbocycles. The Hall–Kier alpha value is -3.32. The largest absolute Gasteiger partial charge is 0.495 e. The lowest BCUT2D eigenvalue weighted by Crippen LogP contribution is -2.41. The van der Waals surface area contributed by atoms with Gasteiger partial charge in [-0.15, -0.1) is 0 Å². The predicted molar refractivity (Wildman–Crippen MR) is 122 cm³/mol. The Kier molecular flexibility index (Phi) is 5.11. The van der Waals surface area contributed by atoms with E-state index >= 15 is 0 Å². The number of benzene rings is 1. The van der Waals surface area contributed by atoms with Crippen LogP contribution in [0.15, 0.2) is 54.9 Å². The predicted octanol–water partition coefficient (Wildman–Crippen LogP) is 4.40. The lowest BCUT2D eigenvalue weighted by Gasteiger charge is -2.33. The third kappa shape index (κ3) is 3.65. The zero-order valence-electron chi connectivity index (χ0n) is 17.1. The van der Waals surface area contributed by atoms with Crippen LogP contribution in [0.1, 0.15) is 12.8 Å². The molecule has 1 aliphatic rings. The lowest BCUT2D eigenvalue weighted by atomic mass is 9.97. The first kappa shape index (κ1) is 19.6. The van der Waals surface area contributed by atoms with Crippen LogP contribution in [0.25, 0.3) is 16.7 Å². The van der Waals surface area contributed by atoms with Gasteiger partial charge in [-0.2, -0.15) is 0 Å². The van der Waals surface area contributed by atoms with Gasteiger partial charge < -0.3 is 19.4 Å². The van der Waals surface area contributed by atoms with Crippen molar-refractivity contribution in [3.05, 3.63) is 59.9 Å². The molecular weight excluding hydrogens is 414 g/mol. The van der Waals surface area contributed by atoms with Gasteiger partial charge in [0.2, 0.25) is 5.91 Å². The van der Waals surface area contributed by atoms with Crippen molar-refractivity contribution in [3.8, 4) is 5.75 Å². The van der Waals surface area contributed by atoms with Crippen molar-refractivity contribution in [1.82, 2.24) is 14.4 Å². The van der Waals surface area contributed by atoms with E-state index < -0.39 is 0 Å². The molecular formula is C23H22ClN5O2. The molecule has 0 aliphatic carbocycles. The monoisotopic (exact) mass is 435 g/mol. The molecule has 4 heterocycles. The van der Waals surface area contributed by atoms with Crippen molar-refractivity contribution in [1.29, 1.82) is 0 Å². The summed E-state index contributed by atoms with van der Waals surface area (Å²) in [5.41, 5.74) is 3.34. The normalized spacial score (nSPS) is 16.6. The highest BCUT2D eigenvalue weighted by Crippen LogP contribution is 2.30. The molecule has 3 aromatic heterocycles. The summed E-state index contributed by atoms with van der Waals surface area (Å²) in [5, 5.41) is 3.46. The van der Waals surface area contributed by atoms with Gasteiger partial charge in [-0.05, 0) is 55.3 Å². The maximum absolute atomic E-state index is 13.0. The van der Waals surface area contributed by atoms with E-state index in [1.54, 1.807) is 31.5 Å². The average Bonchev–Trinajstić information content (AvgIpc) is 3.29. The molecule has 1 unspecified atom stereocenters. The molecule has 1 fully saturated rings. The van der Waals surface area contributed by atoms with Crippen LogP contribution in [0.4, 0.5) is 11.5 Å². The van der Waals surface area contributed by atoms with E-state index in [0.29, 0.717) is 28.7 Å². The standard InChI is InChI=1S/C23H22ClN5O2/c1-31-20-9-8-16(13-17(20)24)26-23(30)15-5-3-11-28(14-15)22-19-7-4-12-29(19)18-6-2-10-25-21(18)27-22/h2,4,6-10,12-13,15H,3,5,11,14H2,1H3,(H,26,30). The zero-order valence-corrected chi connectivity index (χ0v) is 17.8. The summed E-state index contributed by atoms with van der Waals surface area (Å²) in [4.78, 5) is 24.5. The molecule has 158 valence electrons. The van der Waals surface area contributed by atoms with Gasteiger partial charge in [0.1, 0.15) is 5.75 Å². The minimum Gasteiger partial charge on any atom is -0.495 e. The van der Waals surface area contributed by atoms with Crippen molar-refractivity contribution in [2.45, 2.75) is 12.8 Å². The molecule has 1 aromatic carbocycles.